The highest BCUT2D eigenvalue weighted by atomic mass is 127. The Morgan fingerprint density at radius 2 is 1.96 bits per heavy atom. The van der Waals surface area contributed by atoms with Gasteiger partial charge in [0.05, 0.1) is 6.04 Å². The number of aliphatic imine (C=N–C) groups is 1. The van der Waals surface area contributed by atoms with E-state index in [2.05, 4.69) is 58.6 Å². The molecule has 5 nitrogen and oxygen atoms in total. The number of nitrogens with one attached hydrogen (secondary N) is 2. The molecule has 1 fully saturated rings. The van der Waals surface area contributed by atoms with E-state index in [0.717, 1.165) is 38.6 Å². The fourth-order valence-electron chi connectivity index (χ4n) is 3.18. The topological polar surface area (TPSA) is 48.9 Å². The van der Waals surface area contributed by atoms with Crippen molar-refractivity contribution in [3.8, 4) is 0 Å². The summed E-state index contributed by atoms with van der Waals surface area (Å²) in [5.74, 6) is 0.845. The molecule has 0 amide bonds. The molecule has 1 aliphatic heterocycles. The van der Waals surface area contributed by atoms with E-state index in [1.165, 1.54) is 43.6 Å². The van der Waals surface area contributed by atoms with Gasteiger partial charge in [-0.2, -0.15) is 0 Å². The Morgan fingerprint density at radius 1 is 1.22 bits per heavy atom. The minimum absolute atomic E-state index is 0. The molecule has 0 aliphatic carbocycles. The van der Waals surface area contributed by atoms with Gasteiger partial charge in [-0.3, -0.25) is 4.99 Å². The molecule has 1 aliphatic rings. The highest BCUT2D eigenvalue weighted by Crippen LogP contribution is 2.23. The van der Waals surface area contributed by atoms with E-state index < -0.39 is 0 Å². The van der Waals surface area contributed by atoms with E-state index in [9.17, 15) is 0 Å². The third-order valence-electron chi connectivity index (χ3n) is 4.82. The first-order chi connectivity index (χ1) is 12.7. The van der Waals surface area contributed by atoms with Gasteiger partial charge in [0, 0.05) is 45.6 Å². The van der Waals surface area contributed by atoms with Gasteiger partial charge in [0.25, 0.3) is 0 Å². The predicted octanol–water partition coefficient (Wildman–Crippen LogP) is 4.34. The number of rotatable bonds is 10. The zero-order chi connectivity index (χ0) is 18.6. The van der Waals surface area contributed by atoms with Crippen LogP contribution in [0.25, 0.3) is 0 Å². The van der Waals surface area contributed by atoms with Crippen molar-refractivity contribution in [3.63, 3.8) is 0 Å². The smallest absolute Gasteiger partial charge is 0.191 e. The largest absolute Gasteiger partial charge is 0.381 e. The van der Waals surface area contributed by atoms with Gasteiger partial charge in [0.1, 0.15) is 0 Å². The molecule has 27 heavy (non-hydrogen) atoms. The minimum atomic E-state index is 0. The van der Waals surface area contributed by atoms with Crippen LogP contribution in [-0.2, 0) is 4.74 Å². The van der Waals surface area contributed by atoms with E-state index >= 15 is 0 Å². The monoisotopic (exact) mass is 488 g/mol. The van der Waals surface area contributed by atoms with Crippen molar-refractivity contribution in [2.24, 2.45) is 4.99 Å². The number of anilines is 1. The quantitative estimate of drug-likeness (QED) is 0.223. The van der Waals surface area contributed by atoms with Crippen LogP contribution < -0.4 is 15.5 Å². The summed E-state index contributed by atoms with van der Waals surface area (Å²) in [5, 5.41) is 6.87. The maximum atomic E-state index is 5.60. The maximum Gasteiger partial charge on any atom is 0.191 e. The first-order valence-electron chi connectivity index (χ1n) is 10.1. The van der Waals surface area contributed by atoms with Gasteiger partial charge < -0.3 is 20.3 Å². The molecule has 1 heterocycles. The van der Waals surface area contributed by atoms with E-state index in [1.807, 2.05) is 7.05 Å². The first kappa shape index (κ1) is 24.0. The summed E-state index contributed by atoms with van der Waals surface area (Å²) in [6.07, 6.45) is 5.92. The summed E-state index contributed by atoms with van der Waals surface area (Å²) in [6, 6.07) is 9.08. The van der Waals surface area contributed by atoms with E-state index in [-0.39, 0.29) is 30.0 Å². The highest BCUT2D eigenvalue weighted by Gasteiger charge is 2.14. The van der Waals surface area contributed by atoms with Gasteiger partial charge >= 0.3 is 0 Å². The second-order valence-corrected chi connectivity index (χ2v) is 6.97. The summed E-state index contributed by atoms with van der Waals surface area (Å²) < 4.78 is 5.60. The SMILES string of the molecule is CCCCOCCCNC(=NC)NC(C)c1cccc(N2CCCC2)c1.I. The van der Waals surface area contributed by atoms with Crippen molar-refractivity contribution in [2.75, 3.05) is 44.8 Å². The van der Waals surface area contributed by atoms with Crippen molar-refractivity contribution in [3.05, 3.63) is 29.8 Å². The number of guanidine groups is 1. The van der Waals surface area contributed by atoms with Gasteiger partial charge in [-0.05, 0) is 50.3 Å². The molecular formula is C21H37IN4O. The molecule has 2 rings (SSSR count). The molecule has 1 atom stereocenters. The number of hydrogen-bond acceptors (Lipinski definition) is 3. The molecule has 0 radical (unpaired) electrons. The Kier molecular flexibility index (Phi) is 12.5. The average Bonchev–Trinajstić information content (AvgIpc) is 3.21. The standard InChI is InChI=1S/C21H36N4O.HI/c1-4-5-15-26-16-9-12-23-21(22-3)24-18(2)19-10-8-11-20(17-19)25-13-6-7-14-25;/h8,10-11,17-18H,4-7,9,12-16H2,1-3H3,(H2,22,23,24);1H. The van der Waals surface area contributed by atoms with Crippen LogP contribution in [0.2, 0.25) is 0 Å². The van der Waals surface area contributed by atoms with Crippen LogP contribution in [0.4, 0.5) is 5.69 Å². The Hall–Kier alpha value is -1.02. The molecule has 154 valence electrons. The lowest BCUT2D eigenvalue weighted by Crippen LogP contribution is -2.39. The number of benzene rings is 1. The van der Waals surface area contributed by atoms with Crippen LogP contribution in [-0.4, -0.2) is 45.9 Å². The average molecular weight is 488 g/mol. The highest BCUT2D eigenvalue weighted by molar-refractivity contribution is 14.0. The fourth-order valence-corrected chi connectivity index (χ4v) is 3.18. The van der Waals surface area contributed by atoms with Crippen LogP contribution in [0.5, 0.6) is 0 Å². The maximum absolute atomic E-state index is 5.60. The second kappa shape index (κ2) is 14.0. The number of unbranched alkanes of at least 4 members (excludes halogenated alkanes) is 1. The molecule has 6 heteroatoms. The van der Waals surface area contributed by atoms with Crippen LogP contribution in [0.15, 0.2) is 29.3 Å². The third kappa shape index (κ3) is 8.68. The fraction of sp³-hybridized carbons (Fsp3) is 0.667. The van der Waals surface area contributed by atoms with Gasteiger partial charge in [-0.25, -0.2) is 0 Å². The summed E-state index contributed by atoms with van der Waals surface area (Å²) >= 11 is 0. The summed E-state index contributed by atoms with van der Waals surface area (Å²) in [5.41, 5.74) is 2.63. The Balaban J connectivity index is 0.00000364. The first-order valence-corrected chi connectivity index (χ1v) is 10.1. The lowest BCUT2D eigenvalue weighted by molar-refractivity contribution is 0.129. The summed E-state index contributed by atoms with van der Waals surface area (Å²) in [4.78, 5) is 6.82. The number of ether oxygens (including phenoxy) is 1. The van der Waals surface area contributed by atoms with Crippen LogP contribution >= 0.6 is 24.0 Å². The zero-order valence-electron chi connectivity index (χ0n) is 17.2. The van der Waals surface area contributed by atoms with Crippen LogP contribution in [0, 0.1) is 0 Å². The number of hydrogen-bond donors (Lipinski definition) is 2. The minimum Gasteiger partial charge on any atom is -0.381 e. The van der Waals surface area contributed by atoms with Crippen LogP contribution in [0.3, 0.4) is 0 Å². The van der Waals surface area contributed by atoms with Gasteiger partial charge in [-0.1, -0.05) is 25.5 Å². The zero-order valence-corrected chi connectivity index (χ0v) is 19.5. The molecule has 0 saturated carbocycles. The molecule has 1 saturated heterocycles. The van der Waals surface area contributed by atoms with Gasteiger partial charge in [0.2, 0.25) is 0 Å². The summed E-state index contributed by atoms with van der Waals surface area (Å²) in [6.45, 7) is 9.26. The van der Waals surface area contributed by atoms with E-state index in [0.29, 0.717) is 0 Å². The molecule has 1 aromatic carbocycles. The number of halogens is 1. The predicted molar refractivity (Wildman–Crippen MR) is 127 cm³/mol. The Morgan fingerprint density at radius 3 is 2.67 bits per heavy atom. The Labute approximate surface area is 182 Å². The van der Waals surface area contributed by atoms with E-state index in [1.54, 1.807) is 0 Å². The molecule has 0 aromatic heterocycles. The molecular weight excluding hydrogens is 451 g/mol. The molecule has 1 aromatic rings. The van der Waals surface area contributed by atoms with Crippen molar-refractivity contribution in [2.45, 2.75) is 52.0 Å². The van der Waals surface area contributed by atoms with Crippen molar-refractivity contribution in [1.29, 1.82) is 0 Å². The van der Waals surface area contributed by atoms with Crippen molar-refractivity contribution >= 4 is 35.6 Å². The lowest BCUT2D eigenvalue weighted by Gasteiger charge is -2.22. The second-order valence-electron chi connectivity index (χ2n) is 6.97. The normalized spacial score (nSPS) is 15.4. The third-order valence-corrected chi connectivity index (χ3v) is 4.82. The number of nitrogens with zero attached hydrogens (tertiary/aromatic N) is 2. The van der Waals surface area contributed by atoms with E-state index in [4.69, 9.17) is 4.74 Å². The molecule has 2 N–H and O–H groups in total. The van der Waals surface area contributed by atoms with Gasteiger partial charge in [-0.15, -0.1) is 24.0 Å². The van der Waals surface area contributed by atoms with Gasteiger partial charge in [0.15, 0.2) is 5.96 Å². The molecule has 0 bridgehead atoms. The van der Waals surface area contributed by atoms with Crippen molar-refractivity contribution in [1.82, 2.24) is 10.6 Å². The molecule has 1 unspecified atom stereocenters. The Bertz CT molecular complexity index is 547. The lowest BCUT2D eigenvalue weighted by atomic mass is 10.1. The molecule has 0 spiro atoms. The van der Waals surface area contributed by atoms with Crippen molar-refractivity contribution < 1.29 is 4.74 Å². The summed E-state index contributed by atoms with van der Waals surface area (Å²) in [7, 11) is 1.82. The van der Waals surface area contributed by atoms with Crippen LogP contribution in [0.1, 0.15) is 57.6 Å².